The average Bonchev–Trinajstić information content (AvgIpc) is 3.39. The lowest BCUT2D eigenvalue weighted by molar-refractivity contribution is 0.0940. The molecule has 4 aromatic heterocycles. The monoisotopic (exact) mass is 370 g/mol. The van der Waals surface area contributed by atoms with Crippen molar-refractivity contribution in [3.8, 4) is 16.5 Å². The predicted molar refractivity (Wildman–Crippen MR) is 92.9 cm³/mol. The summed E-state index contributed by atoms with van der Waals surface area (Å²) in [6, 6.07) is 8.88. The summed E-state index contributed by atoms with van der Waals surface area (Å²) in [7, 11) is 0. The number of amides is 1. The van der Waals surface area contributed by atoms with Gasteiger partial charge in [-0.1, -0.05) is 11.2 Å². The minimum atomic E-state index is -0.366. The Balaban J connectivity index is 1.47. The standard InChI is InChI=1S/C16H14N6O3S/c1-2-24-15-6-5-13-18-19-14(22(13)20-15)9-17-16(23)10-8-11(25-21-10)12-4-3-7-26-12/h3-8H,2,9H2,1H3,(H,17,23). The third kappa shape index (κ3) is 3.14. The topological polar surface area (TPSA) is 107 Å². The van der Waals surface area contributed by atoms with Crippen molar-refractivity contribution in [1.82, 2.24) is 30.3 Å². The van der Waals surface area contributed by atoms with Gasteiger partial charge in [0.15, 0.2) is 22.9 Å². The highest BCUT2D eigenvalue weighted by molar-refractivity contribution is 7.13. The smallest absolute Gasteiger partial charge is 0.273 e. The summed E-state index contributed by atoms with van der Waals surface area (Å²) < 4.78 is 12.1. The quantitative estimate of drug-likeness (QED) is 0.554. The number of nitrogens with one attached hydrogen (secondary N) is 1. The van der Waals surface area contributed by atoms with Gasteiger partial charge in [-0.2, -0.15) is 4.52 Å². The first-order chi connectivity index (χ1) is 12.7. The molecule has 4 rings (SSSR count). The van der Waals surface area contributed by atoms with Gasteiger partial charge in [-0.3, -0.25) is 4.79 Å². The second kappa shape index (κ2) is 6.92. The van der Waals surface area contributed by atoms with Gasteiger partial charge < -0.3 is 14.6 Å². The molecule has 1 amide bonds. The highest BCUT2D eigenvalue weighted by Gasteiger charge is 2.15. The molecule has 0 aliphatic heterocycles. The van der Waals surface area contributed by atoms with Gasteiger partial charge in [-0.05, 0) is 24.4 Å². The summed E-state index contributed by atoms with van der Waals surface area (Å²) in [5.41, 5.74) is 0.768. The molecular formula is C16H14N6O3S. The van der Waals surface area contributed by atoms with Crippen molar-refractivity contribution < 1.29 is 14.1 Å². The Bertz CT molecular complexity index is 1040. The summed E-state index contributed by atoms with van der Waals surface area (Å²) in [6.45, 7) is 2.52. The molecule has 9 nitrogen and oxygen atoms in total. The van der Waals surface area contributed by atoms with Crippen molar-refractivity contribution in [3.63, 3.8) is 0 Å². The van der Waals surface area contributed by atoms with E-state index >= 15 is 0 Å². The van der Waals surface area contributed by atoms with E-state index in [0.717, 1.165) is 4.88 Å². The first-order valence-corrected chi connectivity index (χ1v) is 8.75. The molecule has 0 saturated heterocycles. The molecule has 0 spiro atoms. The highest BCUT2D eigenvalue weighted by Crippen LogP contribution is 2.25. The van der Waals surface area contributed by atoms with Crippen molar-refractivity contribution in [2.75, 3.05) is 6.61 Å². The van der Waals surface area contributed by atoms with Gasteiger partial charge in [0.05, 0.1) is 18.0 Å². The number of nitrogens with zero attached hydrogens (tertiary/aromatic N) is 5. The minimum Gasteiger partial charge on any atom is -0.477 e. The molecule has 0 radical (unpaired) electrons. The Morgan fingerprint density at radius 1 is 1.35 bits per heavy atom. The molecule has 4 aromatic rings. The molecule has 0 aliphatic rings. The normalized spacial score (nSPS) is 11.0. The van der Waals surface area contributed by atoms with E-state index in [1.54, 1.807) is 18.2 Å². The fraction of sp³-hybridized carbons (Fsp3) is 0.188. The van der Waals surface area contributed by atoms with Gasteiger partial charge in [0.2, 0.25) is 5.88 Å². The van der Waals surface area contributed by atoms with E-state index in [9.17, 15) is 4.79 Å². The van der Waals surface area contributed by atoms with Gasteiger partial charge in [-0.15, -0.1) is 26.6 Å². The maximum Gasteiger partial charge on any atom is 0.273 e. The molecular weight excluding hydrogens is 356 g/mol. The van der Waals surface area contributed by atoms with E-state index < -0.39 is 0 Å². The van der Waals surface area contributed by atoms with E-state index in [0.29, 0.717) is 29.7 Å². The van der Waals surface area contributed by atoms with Crippen molar-refractivity contribution in [2.24, 2.45) is 0 Å². The fourth-order valence-corrected chi connectivity index (χ4v) is 2.99. The van der Waals surface area contributed by atoms with Crippen LogP contribution in [0.1, 0.15) is 23.2 Å². The largest absolute Gasteiger partial charge is 0.477 e. The number of rotatable bonds is 6. The molecule has 26 heavy (non-hydrogen) atoms. The van der Waals surface area contributed by atoms with Crippen molar-refractivity contribution in [2.45, 2.75) is 13.5 Å². The van der Waals surface area contributed by atoms with E-state index in [4.69, 9.17) is 9.26 Å². The Kier molecular flexibility index (Phi) is 4.32. The zero-order valence-electron chi connectivity index (χ0n) is 13.7. The highest BCUT2D eigenvalue weighted by atomic mass is 32.1. The van der Waals surface area contributed by atoms with Crippen LogP contribution in [0.5, 0.6) is 5.88 Å². The molecule has 0 saturated carbocycles. The lowest BCUT2D eigenvalue weighted by Crippen LogP contribution is -2.24. The number of carbonyl (C=O) groups excluding carboxylic acids is 1. The number of fused-ring (bicyclic) bond motifs is 1. The lowest BCUT2D eigenvalue weighted by atomic mass is 10.3. The summed E-state index contributed by atoms with van der Waals surface area (Å²) >= 11 is 1.51. The molecule has 4 heterocycles. The van der Waals surface area contributed by atoms with Crippen LogP contribution in [0.25, 0.3) is 16.3 Å². The number of hydrogen-bond donors (Lipinski definition) is 1. The first-order valence-electron chi connectivity index (χ1n) is 7.87. The molecule has 0 fully saturated rings. The molecule has 10 heteroatoms. The van der Waals surface area contributed by atoms with E-state index in [2.05, 4.69) is 25.8 Å². The summed E-state index contributed by atoms with van der Waals surface area (Å²) in [6.07, 6.45) is 0. The van der Waals surface area contributed by atoms with Crippen molar-refractivity contribution in [1.29, 1.82) is 0 Å². The Morgan fingerprint density at radius 3 is 3.08 bits per heavy atom. The Morgan fingerprint density at radius 2 is 2.27 bits per heavy atom. The zero-order chi connectivity index (χ0) is 17.9. The third-order valence-corrected chi connectivity index (χ3v) is 4.39. The van der Waals surface area contributed by atoms with Crippen LogP contribution in [0, 0.1) is 0 Å². The predicted octanol–water partition coefficient (Wildman–Crippen LogP) is 2.17. The number of aromatic nitrogens is 5. The maximum absolute atomic E-state index is 12.3. The van der Waals surface area contributed by atoms with Gasteiger partial charge in [0, 0.05) is 12.1 Å². The van der Waals surface area contributed by atoms with E-state index in [1.807, 2.05) is 24.4 Å². The van der Waals surface area contributed by atoms with E-state index in [1.165, 1.54) is 15.9 Å². The molecule has 0 atom stereocenters. The van der Waals surface area contributed by atoms with Crippen LogP contribution in [-0.2, 0) is 6.54 Å². The molecule has 0 aromatic carbocycles. The second-order valence-electron chi connectivity index (χ2n) is 5.23. The number of carbonyl (C=O) groups is 1. The Labute approximate surface area is 151 Å². The Hall–Kier alpha value is -3.27. The number of ether oxygens (including phenoxy) is 1. The number of thiophene rings is 1. The van der Waals surface area contributed by atoms with Crippen molar-refractivity contribution >= 4 is 22.9 Å². The first kappa shape index (κ1) is 16.2. The summed E-state index contributed by atoms with van der Waals surface area (Å²) in [4.78, 5) is 13.2. The van der Waals surface area contributed by atoms with Crippen LogP contribution in [0.15, 0.2) is 40.2 Å². The maximum atomic E-state index is 12.3. The SMILES string of the molecule is CCOc1ccc2nnc(CNC(=O)c3cc(-c4cccs4)on3)n2n1. The minimum absolute atomic E-state index is 0.143. The number of hydrogen-bond acceptors (Lipinski definition) is 8. The lowest BCUT2D eigenvalue weighted by Gasteiger charge is -2.04. The van der Waals surface area contributed by atoms with Gasteiger partial charge in [-0.25, -0.2) is 0 Å². The average molecular weight is 370 g/mol. The third-order valence-electron chi connectivity index (χ3n) is 3.51. The van der Waals surface area contributed by atoms with E-state index in [-0.39, 0.29) is 18.1 Å². The van der Waals surface area contributed by atoms with Gasteiger partial charge >= 0.3 is 0 Å². The van der Waals surface area contributed by atoms with Crippen LogP contribution in [0.4, 0.5) is 0 Å². The molecule has 0 bridgehead atoms. The van der Waals surface area contributed by atoms with Gasteiger partial charge in [0.25, 0.3) is 5.91 Å². The summed E-state index contributed by atoms with van der Waals surface area (Å²) in [5, 5.41) is 20.8. The second-order valence-corrected chi connectivity index (χ2v) is 6.17. The van der Waals surface area contributed by atoms with Gasteiger partial charge in [0.1, 0.15) is 0 Å². The van der Waals surface area contributed by atoms with Crippen LogP contribution in [0.3, 0.4) is 0 Å². The van der Waals surface area contributed by atoms with Crippen molar-refractivity contribution in [3.05, 3.63) is 47.2 Å². The molecule has 0 aliphatic carbocycles. The summed E-state index contributed by atoms with van der Waals surface area (Å²) in [5.74, 6) is 1.14. The molecule has 1 N–H and O–H groups in total. The van der Waals surface area contributed by atoms with Crippen LogP contribution in [-0.4, -0.2) is 37.5 Å². The fourth-order valence-electron chi connectivity index (χ4n) is 2.32. The molecule has 132 valence electrons. The van der Waals surface area contributed by atoms with Crippen LogP contribution in [0.2, 0.25) is 0 Å². The zero-order valence-corrected chi connectivity index (χ0v) is 14.6. The molecule has 0 unspecified atom stereocenters. The van der Waals surface area contributed by atoms with Crippen LogP contribution < -0.4 is 10.1 Å². The van der Waals surface area contributed by atoms with Crippen LogP contribution >= 0.6 is 11.3 Å².